The molecule has 0 aliphatic heterocycles. The fourth-order valence-electron chi connectivity index (χ4n) is 9.75. The monoisotopic (exact) mass is 1250 g/mol. The van der Waals surface area contributed by atoms with Crippen LogP contribution in [0.3, 0.4) is 0 Å². The second-order valence-electron chi connectivity index (χ2n) is 25.5. The van der Waals surface area contributed by atoms with Crippen LogP contribution in [-0.4, -0.2) is 96.7 Å². The van der Waals surface area contributed by atoms with Crippen LogP contribution < -0.4 is 0 Å². The minimum absolute atomic E-state index is 0.102. The number of aliphatic hydroxyl groups is 1. The van der Waals surface area contributed by atoms with Crippen molar-refractivity contribution < 1.29 is 80.2 Å². The molecule has 0 heterocycles. The van der Waals surface area contributed by atoms with Gasteiger partial charge in [0.15, 0.2) is 12.2 Å². The molecule has 4 unspecified atom stereocenters. The number of hydrogen-bond acceptors (Lipinski definition) is 15. The topological polar surface area (TPSA) is 237 Å². The highest BCUT2D eigenvalue weighted by molar-refractivity contribution is 7.47. The Hall–Kier alpha value is -1.94. The second-order valence-corrected chi connectivity index (χ2v) is 28.4. The molecule has 0 aromatic rings. The fourth-order valence-corrected chi connectivity index (χ4v) is 11.3. The van der Waals surface area contributed by atoms with Gasteiger partial charge in [0, 0.05) is 25.7 Å². The number of rotatable bonds is 63. The Labute approximate surface area is 517 Å². The van der Waals surface area contributed by atoms with Crippen molar-refractivity contribution in [3.63, 3.8) is 0 Å². The third kappa shape index (κ3) is 59.5. The van der Waals surface area contributed by atoms with Crippen molar-refractivity contribution in [2.45, 2.75) is 337 Å². The summed E-state index contributed by atoms with van der Waals surface area (Å²) in [5.41, 5.74) is 0. The molecule has 0 amide bonds. The van der Waals surface area contributed by atoms with Crippen LogP contribution >= 0.6 is 15.6 Å². The van der Waals surface area contributed by atoms with Gasteiger partial charge < -0.3 is 33.8 Å². The first kappa shape index (κ1) is 83.1. The molecule has 504 valence electrons. The van der Waals surface area contributed by atoms with Crippen molar-refractivity contribution in [2.75, 3.05) is 39.6 Å². The maximum atomic E-state index is 13.0. The van der Waals surface area contributed by atoms with Gasteiger partial charge in [0.05, 0.1) is 26.4 Å². The molecule has 19 heteroatoms. The summed E-state index contributed by atoms with van der Waals surface area (Å²) < 4.78 is 68.1. The Morgan fingerprint density at radius 3 is 0.835 bits per heavy atom. The highest BCUT2D eigenvalue weighted by atomic mass is 31.2. The molecule has 0 bridgehead atoms. The van der Waals surface area contributed by atoms with E-state index in [1.807, 2.05) is 0 Å². The van der Waals surface area contributed by atoms with E-state index in [2.05, 4.69) is 55.4 Å². The Kier molecular flexibility index (Phi) is 54.8. The summed E-state index contributed by atoms with van der Waals surface area (Å²) in [7, 11) is -9.89. The molecule has 6 atom stereocenters. The van der Waals surface area contributed by atoms with E-state index in [1.165, 1.54) is 116 Å². The molecule has 0 aliphatic rings. The Morgan fingerprint density at radius 2 is 0.565 bits per heavy atom. The zero-order valence-corrected chi connectivity index (χ0v) is 57.0. The minimum Gasteiger partial charge on any atom is -0.462 e. The first-order valence-corrected chi connectivity index (χ1v) is 37.2. The molecular formula is C66H128O17P2. The van der Waals surface area contributed by atoms with E-state index < -0.39 is 97.5 Å². The molecule has 0 saturated carbocycles. The molecule has 0 aromatic carbocycles. The highest BCUT2D eigenvalue weighted by Crippen LogP contribution is 2.45. The first-order valence-electron chi connectivity index (χ1n) is 34.2. The molecular weight excluding hydrogens is 1130 g/mol. The average molecular weight is 1260 g/mol. The van der Waals surface area contributed by atoms with E-state index in [-0.39, 0.29) is 25.7 Å². The number of carbonyl (C=O) groups is 4. The number of phosphoric ester groups is 2. The van der Waals surface area contributed by atoms with Gasteiger partial charge in [-0.1, -0.05) is 267 Å². The lowest BCUT2D eigenvalue weighted by molar-refractivity contribution is -0.161. The van der Waals surface area contributed by atoms with E-state index in [4.69, 9.17) is 37.0 Å². The lowest BCUT2D eigenvalue weighted by Gasteiger charge is -2.21. The molecule has 0 aliphatic carbocycles. The summed E-state index contributed by atoms with van der Waals surface area (Å²) in [6.45, 7) is 14.0. The van der Waals surface area contributed by atoms with Gasteiger partial charge in [-0.3, -0.25) is 37.3 Å². The zero-order valence-electron chi connectivity index (χ0n) is 55.2. The number of hydrogen-bond donors (Lipinski definition) is 3. The Bertz CT molecular complexity index is 1700. The molecule has 0 saturated heterocycles. The third-order valence-electron chi connectivity index (χ3n) is 15.4. The lowest BCUT2D eigenvalue weighted by atomic mass is 9.99. The smallest absolute Gasteiger partial charge is 0.462 e. The summed E-state index contributed by atoms with van der Waals surface area (Å²) in [6.07, 6.45) is 36.3. The van der Waals surface area contributed by atoms with Crippen LogP contribution in [0.5, 0.6) is 0 Å². The van der Waals surface area contributed by atoms with Crippen molar-refractivity contribution in [1.29, 1.82) is 0 Å². The van der Waals surface area contributed by atoms with Gasteiger partial charge in [-0.15, -0.1) is 0 Å². The molecule has 3 N–H and O–H groups in total. The molecule has 0 aromatic heterocycles. The molecule has 85 heavy (non-hydrogen) atoms. The van der Waals surface area contributed by atoms with E-state index in [0.29, 0.717) is 37.5 Å². The Morgan fingerprint density at radius 1 is 0.329 bits per heavy atom. The quantitative estimate of drug-likeness (QED) is 0.0222. The predicted molar refractivity (Wildman–Crippen MR) is 340 cm³/mol. The van der Waals surface area contributed by atoms with E-state index in [0.717, 1.165) is 108 Å². The highest BCUT2D eigenvalue weighted by Gasteiger charge is 2.30. The summed E-state index contributed by atoms with van der Waals surface area (Å²) in [4.78, 5) is 72.3. The zero-order chi connectivity index (χ0) is 63.2. The van der Waals surface area contributed by atoms with Crippen molar-refractivity contribution >= 4 is 39.5 Å². The first-order chi connectivity index (χ1) is 40.6. The summed E-state index contributed by atoms with van der Waals surface area (Å²) in [6, 6.07) is 0. The largest absolute Gasteiger partial charge is 0.472 e. The normalized spacial score (nSPS) is 14.7. The number of phosphoric acid groups is 2. The van der Waals surface area contributed by atoms with E-state index in [1.54, 1.807) is 0 Å². The molecule has 17 nitrogen and oxygen atoms in total. The standard InChI is InChI=1S/C66H128O17P2/c1-9-59(8)45-37-29-21-14-15-22-30-38-46-63(68)76-52-61(82-65(70)48-40-32-23-13-11-10-12-18-26-34-42-56(2)3)54-80-84(72,73)78-50-60(67)51-79-85(74,75)81-55-62(83-66(71)49-41-33-25-17-20-28-36-44-58(6)7)53-77-64(69)47-39-31-24-16-19-27-35-43-57(4)5/h56-62,67H,9-55H2,1-8H3,(H,72,73)(H,74,75)/t59?,60?,61-,62-/m1/s1. The number of aliphatic hydroxyl groups excluding tert-OH is 1. The van der Waals surface area contributed by atoms with Gasteiger partial charge in [-0.05, 0) is 49.4 Å². The molecule has 0 fully saturated rings. The second kappa shape index (κ2) is 56.1. The SMILES string of the molecule is CCC(C)CCCCCCCCCCC(=O)OC[C@H](COP(=O)(O)OCC(O)COP(=O)(O)OC[C@@H](COC(=O)CCCCCCCCCC(C)C)OC(=O)CCCCCCCCCC(C)C)OC(=O)CCCCCCCCCCCCC(C)C. The van der Waals surface area contributed by atoms with Crippen LogP contribution in [0, 0.1) is 23.7 Å². The summed E-state index contributed by atoms with van der Waals surface area (Å²) >= 11 is 0. The maximum absolute atomic E-state index is 13.0. The van der Waals surface area contributed by atoms with Crippen molar-refractivity contribution in [3.8, 4) is 0 Å². The predicted octanol–water partition coefficient (Wildman–Crippen LogP) is 18.1. The van der Waals surface area contributed by atoms with Crippen LogP contribution in [0.4, 0.5) is 0 Å². The van der Waals surface area contributed by atoms with Gasteiger partial charge in [0.25, 0.3) is 0 Å². The van der Waals surface area contributed by atoms with Crippen molar-refractivity contribution in [2.24, 2.45) is 23.7 Å². The summed E-state index contributed by atoms with van der Waals surface area (Å²) in [5.74, 6) is 0.792. The Balaban J connectivity index is 5.26. The number of esters is 4. The molecule has 0 spiro atoms. The molecule has 0 rings (SSSR count). The van der Waals surface area contributed by atoms with Crippen LogP contribution in [0.25, 0.3) is 0 Å². The van der Waals surface area contributed by atoms with Crippen LogP contribution in [-0.2, 0) is 65.4 Å². The minimum atomic E-state index is -4.95. The van der Waals surface area contributed by atoms with Gasteiger partial charge in [-0.2, -0.15) is 0 Å². The fraction of sp³-hybridized carbons (Fsp3) is 0.939. The third-order valence-corrected chi connectivity index (χ3v) is 17.3. The van der Waals surface area contributed by atoms with Crippen LogP contribution in [0.2, 0.25) is 0 Å². The van der Waals surface area contributed by atoms with E-state index in [9.17, 15) is 43.2 Å². The van der Waals surface area contributed by atoms with Gasteiger partial charge in [0.1, 0.15) is 19.3 Å². The summed E-state index contributed by atoms with van der Waals surface area (Å²) in [5, 5.41) is 10.5. The number of carbonyl (C=O) groups excluding carboxylic acids is 4. The lowest BCUT2D eigenvalue weighted by Crippen LogP contribution is -2.30. The number of unbranched alkanes of at least 4 members (excludes halogenated alkanes) is 28. The van der Waals surface area contributed by atoms with Crippen LogP contribution in [0.1, 0.15) is 319 Å². The van der Waals surface area contributed by atoms with E-state index >= 15 is 0 Å². The average Bonchev–Trinajstić information content (AvgIpc) is 3.62. The van der Waals surface area contributed by atoms with Gasteiger partial charge >= 0.3 is 39.5 Å². The van der Waals surface area contributed by atoms with Crippen LogP contribution in [0.15, 0.2) is 0 Å². The number of ether oxygens (including phenoxy) is 4. The van der Waals surface area contributed by atoms with Crippen molar-refractivity contribution in [3.05, 3.63) is 0 Å². The van der Waals surface area contributed by atoms with Gasteiger partial charge in [-0.25, -0.2) is 9.13 Å². The van der Waals surface area contributed by atoms with Gasteiger partial charge in [0.2, 0.25) is 0 Å². The molecule has 0 radical (unpaired) electrons. The maximum Gasteiger partial charge on any atom is 0.472 e. The van der Waals surface area contributed by atoms with Crippen molar-refractivity contribution in [1.82, 2.24) is 0 Å².